The third kappa shape index (κ3) is 5.01. The first-order valence-electron chi connectivity index (χ1n) is 3.95. The Hall–Kier alpha value is -0.310. The van der Waals surface area contributed by atoms with Crippen molar-refractivity contribution in [3.63, 3.8) is 0 Å². The van der Waals surface area contributed by atoms with E-state index in [0.717, 1.165) is 12.8 Å². The highest BCUT2D eigenvalue weighted by Gasteiger charge is 2.05. The smallest absolute Gasteiger partial charge is 0.259 e. The molecule has 0 rings (SSSR count). The predicted octanol–water partition coefficient (Wildman–Crippen LogP) is 2.04. The van der Waals surface area contributed by atoms with E-state index in [-0.39, 0.29) is 6.10 Å². The van der Waals surface area contributed by atoms with E-state index in [9.17, 15) is 0 Å². The molecule has 0 radical (unpaired) electrons. The van der Waals surface area contributed by atoms with Gasteiger partial charge in [0.2, 0.25) is 0 Å². The third-order valence-electron chi connectivity index (χ3n) is 1.36. The molecule has 0 aromatic carbocycles. The maximum atomic E-state index is 5.41. The zero-order valence-corrected chi connectivity index (χ0v) is 8.57. The summed E-state index contributed by atoms with van der Waals surface area (Å²) in [6.45, 7) is 4.18. The lowest BCUT2D eigenvalue weighted by atomic mass is 10.2. The van der Waals surface area contributed by atoms with Crippen molar-refractivity contribution < 1.29 is 4.74 Å². The highest BCUT2D eigenvalue weighted by molar-refractivity contribution is 7.80. The van der Waals surface area contributed by atoms with Gasteiger partial charge in [-0.1, -0.05) is 13.3 Å². The molecular formula is C8H17NOS. The van der Waals surface area contributed by atoms with Crippen LogP contribution in [0.2, 0.25) is 0 Å². The van der Waals surface area contributed by atoms with Crippen molar-refractivity contribution in [1.82, 2.24) is 4.90 Å². The van der Waals surface area contributed by atoms with Crippen LogP contribution in [0.5, 0.6) is 0 Å². The predicted molar refractivity (Wildman–Crippen MR) is 51.7 cm³/mol. The lowest BCUT2D eigenvalue weighted by molar-refractivity contribution is 0.175. The Morgan fingerprint density at radius 2 is 2.09 bits per heavy atom. The number of hydrogen-bond donors (Lipinski definition) is 0. The molecule has 1 atom stereocenters. The lowest BCUT2D eigenvalue weighted by Crippen LogP contribution is -2.26. The topological polar surface area (TPSA) is 12.5 Å². The van der Waals surface area contributed by atoms with Gasteiger partial charge in [0.25, 0.3) is 5.17 Å². The molecule has 0 spiro atoms. The standard InChI is InChI=1S/C8H17NOS/c1-5-6-7(2)10-8(11)9(3)4/h7H,5-6H2,1-4H3. The molecule has 0 saturated carbocycles. The fraction of sp³-hybridized carbons (Fsp3) is 0.875. The monoisotopic (exact) mass is 175 g/mol. The van der Waals surface area contributed by atoms with Gasteiger partial charge in [-0.15, -0.1) is 0 Å². The van der Waals surface area contributed by atoms with Crippen LogP contribution in [0.1, 0.15) is 26.7 Å². The second-order valence-electron chi connectivity index (χ2n) is 2.88. The van der Waals surface area contributed by atoms with E-state index in [1.54, 1.807) is 0 Å². The second-order valence-corrected chi connectivity index (χ2v) is 3.23. The fourth-order valence-corrected chi connectivity index (χ4v) is 0.907. The third-order valence-corrected chi connectivity index (χ3v) is 1.82. The number of hydrogen-bond acceptors (Lipinski definition) is 2. The van der Waals surface area contributed by atoms with Crippen molar-refractivity contribution in [2.24, 2.45) is 0 Å². The molecule has 0 bridgehead atoms. The zero-order valence-electron chi connectivity index (χ0n) is 7.76. The van der Waals surface area contributed by atoms with Gasteiger partial charge in [-0.3, -0.25) is 0 Å². The van der Waals surface area contributed by atoms with Crippen molar-refractivity contribution in [2.45, 2.75) is 32.8 Å². The van der Waals surface area contributed by atoms with E-state index in [4.69, 9.17) is 17.0 Å². The minimum absolute atomic E-state index is 0.245. The van der Waals surface area contributed by atoms with E-state index in [2.05, 4.69) is 6.92 Å². The summed E-state index contributed by atoms with van der Waals surface area (Å²) in [6, 6.07) is 0. The Bertz CT molecular complexity index is 125. The van der Waals surface area contributed by atoms with Gasteiger partial charge < -0.3 is 9.64 Å². The molecule has 0 heterocycles. The highest BCUT2D eigenvalue weighted by atomic mass is 32.1. The van der Waals surface area contributed by atoms with Crippen molar-refractivity contribution in [1.29, 1.82) is 0 Å². The molecule has 0 fully saturated rings. The zero-order chi connectivity index (χ0) is 8.85. The Balaban J connectivity index is 3.57. The van der Waals surface area contributed by atoms with Crippen LogP contribution in [-0.4, -0.2) is 30.3 Å². The summed E-state index contributed by atoms with van der Waals surface area (Å²) in [5.41, 5.74) is 0. The Kier molecular flexibility index (Phi) is 5.20. The summed E-state index contributed by atoms with van der Waals surface area (Å²) in [5.74, 6) is 0. The van der Waals surface area contributed by atoms with Crippen LogP contribution in [-0.2, 0) is 4.74 Å². The average Bonchev–Trinajstić information content (AvgIpc) is 1.87. The summed E-state index contributed by atoms with van der Waals surface area (Å²) in [4.78, 5) is 1.81. The van der Waals surface area contributed by atoms with Gasteiger partial charge in [-0.2, -0.15) is 0 Å². The molecule has 3 heteroatoms. The normalized spacial score (nSPS) is 12.4. The first kappa shape index (κ1) is 10.7. The van der Waals surface area contributed by atoms with Crippen LogP contribution in [0.3, 0.4) is 0 Å². The van der Waals surface area contributed by atoms with E-state index in [1.807, 2.05) is 25.9 Å². The largest absolute Gasteiger partial charge is 0.468 e. The average molecular weight is 175 g/mol. The number of ether oxygens (including phenoxy) is 1. The molecule has 0 aromatic heterocycles. The molecule has 0 aliphatic rings. The minimum Gasteiger partial charge on any atom is -0.468 e. The molecule has 11 heavy (non-hydrogen) atoms. The second kappa shape index (κ2) is 5.35. The number of rotatable bonds is 3. The molecule has 0 aromatic rings. The van der Waals surface area contributed by atoms with Crippen LogP contribution in [0.15, 0.2) is 0 Å². The van der Waals surface area contributed by atoms with Gasteiger partial charge in [0.15, 0.2) is 0 Å². The van der Waals surface area contributed by atoms with Crippen LogP contribution >= 0.6 is 12.2 Å². The minimum atomic E-state index is 0.245. The van der Waals surface area contributed by atoms with Gasteiger partial charge in [-0.05, 0) is 25.6 Å². The highest BCUT2D eigenvalue weighted by Crippen LogP contribution is 2.02. The number of nitrogens with zero attached hydrogens (tertiary/aromatic N) is 1. The molecule has 0 amide bonds. The van der Waals surface area contributed by atoms with Gasteiger partial charge in [0.05, 0.1) is 6.10 Å². The molecule has 0 N–H and O–H groups in total. The SMILES string of the molecule is CCCC(C)OC(=S)N(C)C. The van der Waals surface area contributed by atoms with Crippen LogP contribution in [0, 0.1) is 0 Å². The molecule has 0 aliphatic carbocycles. The van der Waals surface area contributed by atoms with Crippen molar-refractivity contribution in [3.05, 3.63) is 0 Å². The van der Waals surface area contributed by atoms with E-state index < -0.39 is 0 Å². The molecule has 1 unspecified atom stereocenters. The molecule has 66 valence electrons. The van der Waals surface area contributed by atoms with Gasteiger partial charge in [0.1, 0.15) is 0 Å². The van der Waals surface area contributed by atoms with E-state index in [0.29, 0.717) is 5.17 Å². The van der Waals surface area contributed by atoms with Gasteiger partial charge >= 0.3 is 0 Å². The Morgan fingerprint density at radius 1 is 1.55 bits per heavy atom. The van der Waals surface area contributed by atoms with Crippen molar-refractivity contribution >= 4 is 17.4 Å². The lowest BCUT2D eigenvalue weighted by Gasteiger charge is -2.18. The summed E-state index contributed by atoms with van der Waals surface area (Å²) >= 11 is 4.97. The van der Waals surface area contributed by atoms with Crippen LogP contribution in [0.4, 0.5) is 0 Å². The van der Waals surface area contributed by atoms with E-state index >= 15 is 0 Å². The number of thiocarbonyl (C=S) groups is 1. The molecule has 0 saturated heterocycles. The van der Waals surface area contributed by atoms with Crippen molar-refractivity contribution in [2.75, 3.05) is 14.1 Å². The fourth-order valence-electron chi connectivity index (χ4n) is 0.743. The van der Waals surface area contributed by atoms with Crippen LogP contribution in [0.25, 0.3) is 0 Å². The first-order chi connectivity index (χ1) is 5.07. The Labute approximate surface area is 74.5 Å². The Morgan fingerprint density at radius 3 is 2.45 bits per heavy atom. The summed E-state index contributed by atoms with van der Waals surface area (Å²) < 4.78 is 5.41. The van der Waals surface area contributed by atoms with Gasteiger partial charge in [0, 0.05) is 14.1 Å². The summed E-state index contributed by atoms with van der Waals surface area (Å²) in [5, 5.41) is 0.575. The van der Waals surface area contributed by atoms with Gasteiger partial charge in [-0.25, -0.2) is 0 Å². The molecule has 0 aliphatic heterocycles. The first-order valence-corrected chi connectivity index (χ1v) is 4.36. The van der Waals surface area contributed by atoms with Crippen LogP contribution < -0.4 is 0 Å². The quantitative estimate of drug-likeness (QED) is 0.609. The molecular weight excluding hydrogens is 158 g/mol. The summed E-state index contributed by atoms with van der Waals surface area (Å²) in [6.07, 6.45) is 2.44. The van der Waals surface area contributed by atoms with E-state index in [1.165, 1.54) is 0 Å². The maximum Gasteiger partial charge on any atom is 0.259 e. The maximum absolute atomic E-state index is 5.41. The molecule has 2 nitrogen and oxygen atoms in total. The van der Waals surface area contributed by atoms with Crippen molar-refractivity contribution in [3.8, 4) is 0 Å². The summed E-state index contributed by atoms with van der Waals surface area (Å²) in [7, 11) is 3.78.